The molecule has 0 radical (unpaired) electrons. The Kier molecular flexibility index (Phi) is 6.30. The third kappa shape index (κ3) is 3.66. The van der Waals surface area contributed by atoms with Crippen molar-refractivity contribution in [2.75, 3.05) is 6.61 Å². The third-order valence-electron chi connectivity index (χ3n) is 4.19. The molecular formula is C13H24O10. The van der Waals surface area contributed by atoms with Gasteiger partial charge < -0.3 is 50.0 Å². The number of hydrogen-bond donors (Lipinski definition) is 7. The quantitative estimate of drug-likeness (QED) is 0.268. The minimum Gasteiger partial charge on any atom is -0.394 e. The second-order valence-electron chi connectivity index (χ2n) is 5.76. The van der Waals surface area contributed by atoms with Gasteiger partial charge in [-0.25, -0.2) is 0 Å². The predicted octanol–water partition coefficient (Wildman–Crippen LogP) is -3.98. The topological polar surface area (TPSA) is 169 Å². The molecule has 0 aliphatic carbocycles. The fraction of sp³-hybridized carbons (Fsp3) is 1.00. The van der Waals surface area contributed by atoms with Crippen LogP contribution in [0.2, 0.25) is 0 Å². The predicted molar refractivity (Wildman–Crippen MR) is 71.8 cm³/mol. The van der Waals surface area contributed by atoms with Crippen LogP contribution in [0.4, 0.5) is 0 Å². The number of aliphatic hydroxyl groups excluding tert-OH is 7. The van der Waals surface area contributed by atoms with Gasteiger partial charge in [0.2, 0.25) is 0 Å². The highest BCUT2D eigenvalue weighted by atomic mass is 16.8. The monoisotopic (exact) mass is 340 g/mol. The van der Waals surface area contributed by atoms with Crippen LogP contribution in [0, 0.1) is 0 Å². The zero-order valence-corrected chi connectivity index (χ0v) is 12.5. The van der Waals surface area contributed by atoms with Crippen LogP contribution in [0.1, 0.15) is 13.3 Å². The molecule has 2 fully saturated rings. The van der Waals surface area contributed by atoms with Crippen molar-refractivity contribution in [3.05, 3.63) is 0 Å². The van der Waals surface area contributed by atoms with E-state index in [1.807, 2.05) is 0 Å². The highest BCUT2D eigenvalue weighted by Gasteiger charge is 2.49. The number of aliphatic hydroxyl groups is 7. The van der Waals surface area contributed by atoms with E-state index in [0.29, 0.717) is 6.42 Å². The first-order valence-electron chi connectivity index (χ1n) is 7.47. The van der Waals surface area contributed by atoms with Crippen molar-refractivity contribution in [3.8, 4) is 0 Å². The molecule has 10 atom stereocenters. The fourth-order valence-corrected chi connectivity index (χ4v) is 2.68. The lowest BCUT2D eigenvalue weighted by Crippen LogP contribution is -2.63. The summed E-state index contributed by atoms with van der Waals surface area (Å²) in [4.78, 5) is 0. The first-order chi connectivity index (χ1) is 10.8. The van der Waals surface area contributed by atoms with E-state index in [9.17, 15) is 30.6 Å². The Bertz CT molecular complexity index is 344. The van der Waals surface area contributed by atoms with Crippen LogP contribution in [-0.2, 0) is 14.2 Å². The Labute approximate surface area is 132 Å². The second-order valence-corrected chi connectivity index (χ2v) is 5.76. The van der Waals surface area contributed by atoms with Crippen molar-refractivity contribution < 1.29 is 50.0 Å². The van der Waals surface area contributed by atoms with Crippen LogP contribution in [0.25, 0.3) is 0 Å². The van der Waals surface area contributed by atoms with Gasteiger partial charge in [0, 0.05) is 0 Å². The zero-order chi connectivity index (χ0) is 17.3. The van der Waals surface area contributed by atoms with Gasteiger partial charge in [0.15, 0.2) is 12.6 Å². The van der Waals surface area contributed by atoms with Crippen LogP contribution in [-0.4, -0.2) is 104 Å². The minimum atomic E-state index is -1.66. The van der Waals surface area contributed by atoms with E-state index in [4.69, 9.17) is 19.3 Å². The van der Waals surface area contributed by atoms with E-state index in [1.54, 1.807) is 6.92 Å². The van der Waals surface area contributed by atoms with Gasteiger partial charge in [0.1, 0.15) is 42.7 Å². The number of ether oxygens (including phenoxy) is 3. The van der Waals surface area contributed by atoms with Crippen molar-refractivity contribution in [2.24, 2.45) is 0 Å². The molecule has 136 valence electrons. The standard InChI is InChI=1S/C13H24O10/c1-2-4-6(15)8(17)10(19)12(21-4)23-13-11(20)9(18)7(16)5(3-14)22-13/h4-20H,2-3H2,1H3/t4?,5?,6-,7-,8?,9+,10-,11?,12-,13-/m1/s1. The largest absolute Gasteiger partial charge is 0.394 e. The highest BCUT2D eigenvalue weighted by molar-refractivity contribution is 4.92. The summed E-state index contributed by atoms with van der Waals surface area (Å²) in [5.41, 5.74) is 0. The van der Waals surface area contributed by atoms with E-state index >= 15 is 0 Å². The lowest BCUT2D eigenvalue weighted by molar-refractivity contribution is -0.375. The molecule has 0 saturated carbocycles. The molecule has 23 heavy (non-hydrogen) atoms. The molecule has 0 aromatic heterocycles. The van der Waals surface area contributed by atoms with Crippen LogP contribution in [0.3, 0.4) is 0 Å². The Hall–Kier alpha value is -0.400. The molecular weight excluding hydrogens is 316 g/mol. The summed E-state index contributed by atoms with van der Waals surface area (Å²) in [6.07, 6.45) is -13.8. The normalized spacial score (nSPS) is 51.7. The van der Waals surface area contributed by atoms with Gasteiger partial charge in [-0.3, -0.25) is 0 Å². The van der Waals surface area contributed by atoms with Gasteiger partial charge >= 0.3 is 0 Å². The Morgan fingerprint density at radius 3 is 1.57 bits per heavy atom. The van der Waals surface area contributed by atoms with Crippen LogP contribution in [0.5, 0.6) is 0 Å². The molecule has 0 spiro atoms. The maximum atomic E-state index is 9.92. The first kappa shape index (κ1) is 18.9. The lowest BCUT2D eigenvalue weighted by atomic mass is 9.97. The lowest BCUT2D eigenvalue weighted by Gasteiger charge is -2.44. The highest BCUT2D eigenvalue weighted by Crippen LogP contribution is 2.28. The number of hydrogen-bond acceptors (Lipinski definition) is 10. The molecule has 10 heteroatoms. The van der Waals surface area contributed by atoms with Gasteiger partial charge in [-0.1, -0.05) is 6.92 Å². The summed E-state index contributed by atoms with van der Waals surface area (Å²) < 4.78 is 15.7. The average molecular weight is 340 g/mol. The molecule has 2 aliphatic rings. The third-order valence-corrected chi connectivity index (χ3v) is 4.19. The van der Waals surface area contributed by atoms with E-state index in [2.05, 4.69) is 0 Å². The zero-order valence-electron chi connectivity index (χ0n) is 12.5. The maximum Gasteiger partial charge on any atom is 0.189 e. The Morgan fingerprint density at radius 1 is 0.696 bits per heavy atom. The molecule has 0 aromatic rings. The van der Waals surface area contributed by atoms with Gasteiger partial charge in [-0.2, -0.15) is 0 Å². The summed E-state index contributed by atoms with van der Waals surface area (Å²) in [5, 5.41) is 67.9. The molecule has 2 rings (SSSR count). The molecule has 10 nitrogen and oxygen atoms in total. The summed E-state index contributed by atoms with van der Waals surface area (Å²) in [7, 11) is 0. The van der Waals surface area contributed by atoms with Crippen molar-refractivity contribution >= 4 is 0 Å². The van der Waals surface area contributed by atoms with Crippen molar-refractivity contribution in [1.29, 1.82) is 0 Å². The van der Waals surface area contributed by atoms with Crippen molar-refractivity contribution in [3.63, 3.8) is 0 Å². The second kappa shape index (κ2) is 7.66. The molecule has 7 N–H and O–H groups in total. The molecule has 0 bridgehead atoms. The maximum absolute atomic E-state index is 9.92. The van der Waals surface area contributed by atoms with Gasteiger partial charge in [-0.05, 0) is 6.42 Å². The Morgan fingerprint density at radius 2 is 1.13 bits per heavy atom. The molecule has 2 saturated heterocycles. The van der Waals surface area contributed by atoms with Crippen molar-refractivity contribution in [1.82, 2.24) is 0 Å². The molecule has 0 aromatic carbocycles. The van der Waals surface area contributed by atoms with Crippen LogP contribution >= 0.6 is 0 Å². The SMILES string of the molecule is CCC1O[C@H](O[C@H]2OC(CO)[C@@H](O)[C@H](O)C2O)[C@H](O)C(O)[C@@H]1O. The summed E-state index contributed by atoms with van der Waals surface area (Å²) in [6.45, 7) is 1.07. The Balaban J connectivity index is 2.07. The van der Waals surface area contributed by atoms with E-state index in [0.717, 1.165) is 0 Å². The molecule has 0 amide bonds. The van der Waals surface area contributed by atoms with Gasteiger partial charge in [-0.15, -0.1) is 0 Å². The van der Waals surface area contributed by atoms with Crippen LogP contribution in [0.15, 0.2) is 0 Å². The number of rotatable bonds is 4. The van der Waals surface area contributed by atoms with Gasteiger partial charge in [0.05, 0.1) is 12.7 Å². The molecule has 2 heterocycles. The molecule has 2 aliphatic heterocycles. The van der Waals surface area contributed by atoms with Gasteiger partial charge in [0.25, 0.3) is 0 Å². The van der Waals surface area contributed by atoms with E-state index in [-0.39, 0.29) is 0 Å². The molecule has 4 unspecified atom stereocenters. The average Bonchev–Trinajstić information content (AvgIpc) is 2.55. The minimum absolute atomic E-state index is 0.333. The first-order valence-corrected chi connectivity index (χ1v) is 7.47. The van der Waals surface area contributed by atoms with E-state index in [1.165, 1.54) is 0 Å². The van der Waals surface area contributed by atoms with E-state index < -0.39 is 68.0 Å². The summed E-state index contributed by atoms with van der Waals surface area (Å²) in [6, 6.07) is 0. The summed E-state index contributed by atoms with van der Waals surface area (Å²) in [5.74, 6) is 0. The van der Waals surface area contributed by atoms with Crippen molar-refractivity contribution in [2.45, 2.75) is 74.8 Å². The summed E-state index contributed by atoms with van der Waals surface area (Å²) >= 11 is 0. The smallest absolute Gasteiger partial charge is 0.189 e. The fourth-order valence-electron chi connectivity index (χ4n) is 2.68. The van der Waals surface area contributed by atoms with Crippen LogP contribution < -0.4 is 0 Å².